The molecule has 2 bridgehead atoms. The second-order valence-electron chi connectivity index (χ2n) is 19.6. The Labute approximate surface area is 375 Å². The van der Waals surface area contributed by atoms with Crippen molar-refractivity contribution in [2.24, 2.45) is 23.2 Å². The van der Waals surface area contributed by atoms with Gasteiger partial charge in [-0.25, -0.2) is 14.8 Å². The van der Waals surface area contributed by atoms with Crippen molar-refractivity contribution in [3.63, 3.8) is 0 Å². The summed E-state index contributed by atoms with van der Waals surface area (Å²) in [6.45, 7) is 8.20. The van der Waals surface area contributed by atoms with Gasteiger partial charge in [0.1, 0.15) is 17.7 Å². The Kier molecular flexibility index (Phi) is 10.6. The Balaban J connectivity index is 0.895. The number of hydrogen-bond donors (Lipinski definition) is 5. The molecule has 6 unspecified atom stereocenters. The Morgan fingerprint density at radius 1 is 0.862 bits per heavy atom. The third-order valence-electron chi connectivity index (χ3n) is 14.8. The Morgan fingerprint density at radius 3 is 2.22 bits per heavy atom. The van der Waals surface area contributed by atoms with Crippen molar-refractivity contribution in [3.05, 3.63) is 83.6 Å². The zero-order valence-corrected chi connectivity index (χ0v) is 37.5. The number of carbonyl (C=O) groups is 3. The Bertz CT molecular complexity index is 2690. The van der Waals surface area contributed by atoms with Crippen LogP contribution in [0, 0.1) is 23.2 Å². The van der Waals surface area contributed by atoms with Crippen LogP contribution in [0.25, 0.3) is 44.5 Å². The van der Waals surface area contributed by atoms with Gasteiger partial charge in [0.25, 0.3) is 5.92 Å². The van der Waals surface area contributed by atoms with Gasteiger partial charge in [0.05, 0.1) is 48.2 Å². The van der Waals surface area contributed by atoms with Crippen LogP contribution in [-0.4, -0.2) is 98.1 Å². The lowest BCUT2D eigenvalue weighted by Crippen LogP contribution is -2.54. The lowest BCUT2D eigenvalue weighted by molar-refractivity contribution is -0.145. The summed E-state index contributed by atoms with van der Waals surface area (Å²) in [5.74, 6) is -2.37. The van der Waals surface area contributed by atoms with Crippen LogP contribution < -0.4 is 10.6 Å². The van der Waals surface area contributed by atoms with E-state index in [1.165, 1.54) is 20.3 Å². The van der Waals surface area contributed by atoms with Gasteiger partial charge in [-0.05, 0) is 108 Å². The molecule has 3 amide bonds. The topological polar surface area (TPSA) is 178 Å². The summed E-state index contributed by atoms with van der Waals surface area (Å²) in [6.07, 6.45) is 5.21. The van der Waals surface area contributed by atoms with E-state index in [0.29, 0.717) is 51.7 Å². The molecule has 4 heterocycles. The van der Waals surface area contributed by atoms with Gasteiger partial charge in [-0.15, -0.1) is 0 Å². The average molecular weight is 891 g/mol. The number of fused-ring (bicyclic) bond motifs is 6. The van der Waals surface area contributed by atoms with Crippen LogP contribution in [0.2, 0.25) is 0 Å². The van der Waals surface area contributed by atoms with E-state index < -0.39 is 30.5 Å². The van der Waals surface area contributed by atoms with Gasteiger partial charge in [-0.2, -0.15) is 8.78 Å². The number of aliphatic hydroxyl groups excluding tert-OH is 1. The molecule has 342 valence electrons. The normalized spacial score (nSPS) is 23.6. The molecule has 5 aliphatic rings. The molecule has 14 nitrogen and oxygen atoms in total. The highest BCUT2D eigenvalue weighted by molar-refractivity contribution is 5.89. The van der Waals surface area contributed by atoms with Gasteiger partial charge >= 0.3 is 6.09 Å². The number of alkyl halides is 2. The van der Waals surface area contributed by atoms with Crippen LogP contribution in [0.4, 0.5) is 13.6 Å². The standard InChI is InChI=1S/C49H56F2N8O6/c1-24(2)39(56-46(62)64-5)44(60)58-23-48(15-16-48)21-38(58)42-52-22-37(55-42)28-9-13-32-31-12-8-26(18-33(31)49(50,51)34(32)19-28)27-10-14-35-36(20-27)54-43(53-35)41-29-7-11-30(17-29)59(41)45(61)40(25(3)4)57-47(63)65-6/h8-10,12-14,18-20,22,24-25,29-30,38-41,46,56,62H,7,11,15-17,21,23H2,1-6H3,(H,52,55)(H,53,54)(H,57,63)/t29?,30?,38-,39?,40?,41?,46?/m1/s1. The number of hydrogen-bond acceptors (Lipinski definition) is 9. The van der Waals surface area contributed by atoms with E-state index in [2.05, 4.69) is 20.6 Å². The molecule has 4 fully saturated rings. The number of ether oxygens (including phenoxy) is 2. The Morgan fingerprint density at radius 2 is 1.54 bits per heavy atom. The van der Waals surface area contributed by atoms with Crippen LogP contribution in [-0.2, 0) is 25.0 Å². The van der Waals surface area contributed by atoms with Gasteiger partial charge in [-0.3, -0.25) is 14.9 Å². The number of imidazole rings is 2. The second-order valence-corrected chi connectivity index (χ2v) is 19.6. The number of nitrogens with one attached hydrogen (secondary N) is 4. The van der Waals surface area contributed by atoms with Crippen LogP contribution in [0.5, 0.6) is 0 Å². The molecular weight excluding hydrogens is 835 g/mol. The predicted molar refractivity (Wildman–Crippen MR) is 238 cm³/mol. The summed E-state index contributed by atoms with van der Waals surface area (Å²) in [4.78, 5) is 60.6. The number of H-pyrrole nitrogens is 2. The van der Waals surface area contributed by atoms with Crippen molar-refractivity contribution in [2.45, 2.75) is 109 Å². The highest BCUT2D eigenvalue weighted by Gasteiger charge is 2.56. The fourth-order valence-corrected chi connectivity index (χ4v) is 11.1. The van der Waals surface area contributed by atoms with Gasteiger partial charge in [0, 0.05) is 36.4 Å². The number of methoxy groups -OCH3 is 2. The van der Waals surface area contributed by atoms with Crippen molar-refractivity contribution in [2.75, 3.05) is 20.8 Å². The largest absolute Gasteiger partial charge is 0.453 e. The quantitative estimate of drug-likeness (QED) is 0.0784. The van der Waals surface area contributed by atoms with E-state index in [1.807, 2.05) is 67.8 Å². The summed E-state index contributed by atoms with van der Waals surface area (Å²) in [5.41, 5.74) is 4.77. The van der Waals surface area contributed by atoms with E-state index in [4.69, 9.17) is 19.4 Å². The van der Waals surface area contributed by atoms with Crippen LogP contribution in [0.15, 0.2) is 60.8 Å². The smallest absolute Gasteiger partial charge is 0.407 e. The Hall–Kier alpha value is -5.71. The average Bonchev–Trinajstić information content (AvgIpc) is 3.95. The maximum Gasteiger partial charge on any atom is 0.407 e. The molecule has 5 N–H and O–H groups in total. The van der Waals surface area contributed by atoms with Crippen LogP contribution in [0.3, 0.4) is 0 Å². The zero-order valence-electron chi connectivity index (χ0n) is 37.5. The summed E-state index contributed by atoms with van der Waals surface area (Å²) in [6, 6.07) is 14.0. The number of carbonyl (C=O) groups excluding carboxylic acids is 3. The number of piperidine rings is 1. The van der Waals surface area contributed by atoms with E-state index in [9.17, 15) is 19.5 Å². The predicted octanol–water partition coefficient (Wildman–Crippen LogP) is 7.76. The molecule has 3 aromatic carbocycles. The van der Waals surface area contributed by atoms with Gasteiger partial charge in [0.2, 0.25) is 18.2 Å². The molecule has 1 spiro atoms. The maximum atomic E-state index is 16.7. The fraction of sp³-hybridized carbons (Fsp3) is 0.490. The molecule has 16 heteroatoms. The number of aliphatic hydroxyl groups is 1. The van der Waals surface area contributed by atoms with Crippen molar-refractivity contribution in [1.29, 1.82) is 0 Å². The van der Waals surface area contributed by atoms with E-state index in [0.717, 1.165) is 49.6 Å². The molecular formula is C49H56F2N8O6. The fourth-order valence-electron chi connectivity index (χ4n) is 11.1. The van der Waals surface area contributed by atoms with Crippen LogP contribution >= 0.6 is 0 Å². The van der Waals surface area contributed by atoms with Crippen molar-refractivity contribution in [1.82, 2.24) is 40.4 Å². The molecule has 2 saturated carbocycles. The maximum absolute atomic E-state index is 16.7. The number of benzene rings is 3. The number of likely N-dealkylation sites (tertiary alicyclic amines) is 2. The number of amides is 3. The first-order valence-electron chi connectivity index (χ1n) is 22.8. The minimum Gasteiger partial charge on any atom is -0.453 e. The monoisotopic (exact) mass is 890 g/mol. The van der Waals surface area contributed by atoms with Gasteiger partial charge in [0.15, 0.2) is 0 Å². The molecule has 65 heavy (non-hydrogen) atoms. The first kappa shape index (κ1) is 43.2. The first-order valence-corrected chi connectivity index (χ1v) is 22.8. The zero-order chi connectivity index (χ0) is 45.7. The van der Waals surface area contributed by atoms with E-state index in [-0.39, 0.29) is 64.2 Å². The summed E-state index contributed by atoms with van der Waals surface area (Å²) in [7, 11) is 2.64. The molecule has 2 saturated heterocycles. The highest BCUT2D eigenvalue weighted by Crippen LogP contribution is 2.59. The molecule has 5 aromatic rings. The van der Waals surface area contributed by atoms with Crippen LogP contribution in [0.1, 0.15) is 101 Å². The third-order valence-corrected chi connectivity index (χ3v) is 14.8. The summed E-state index contributed by atoms with van der Waals surface area (Å²) in [5, 5.41) is 15.8. The minimum absolute atomic E-state index is 0.0326. The molecule has 0 radical (unpaired) electrons. The van der Waals surface area contributed by atoms with E-state index in [1.54, 1.807) is 24.4 Å². The molecule has 10 rings (SSSR count). The first-order chi connectivity index (χ1) is 31.1. The molecule has 7 atom stereocenters. The van der Waals surface area contributed by atoms with Gasteiger partial charge < -0.3 is 39.7 Å². The highest BCUT2D eigenvalue weighted by atomic mass is 19.3. The third kappa shape index (κ3) is 7.37. The van der Waals surface area contributed by atoms with Gasteiger partial charge in [-0.1, -0.05) is 58.0 Å². The summed E-state index contributed by atoms with van der Waals surface area (Å²) < 4.78 is 43.2. The van der Waals surface area contributed by atoms with E-state index >= 15 is 8.78 Å². The lowest BCUT2D eigenvalue weighted by atomic mass is 9.95. The lowest BCUT2D eigenvalue weighted by Gasteiger charge is -2.37. The number of rotatable bonds is 12. The SMILES string of the molecule is COC(=O)NC(C(=O)N1C2CCC(C2)C1c1nc2ccc(-c3ccc4c(c3)C(F)(F)c3cc(-c5cnc([C@H]6CC7(CC7)CN6C(=O)C(NC(O)OC)C(C)C)[nH]5)ccc3-4)cc2[nH]1)C(C)C. The second kappa shape index (κ2) is 16.0. The number of aromatic amines is 2. The molecule has 3 aliphatic carbocycles. The number of alkyl carbamates (subject to hydrolysis) is 1. The number of halogens is 2. The van der Waals surface area contributed by atoms with Crippen molar-refractivity contribution < 1.29 is 37.7 Å². The minimum atomic E-state index is -3.28. The molecule has 2 aliphatic heterocycles. The number of nitrogens with zero attached hydrogens (tertiary/aromatic N) is 4. The molecule has 2 aromatic heterocycles. The summed E-state index contributed by atoms with van der Waals surface area (Å²) >= 11 is 0. The van der Waals surface area contributed by atoms with Crippen molar-refractivity contribution in [3.8, 4) is 33.5 Å². The van der Waals surface area contributed by atoms with Crippen molar-refractivity contribution >= 4 is 28.9 Å². The number of aromatic nitrogens is 4.